The van der Waals surface area contributed by atoms with E-state index >= 15 is 0 Å². The molecule has 0 spiro atoms. The highest BCUT2D eigenvalue weighted by atomic mass is 16.3. The van der Waals surface area contributed by atoms with E-state index in [4.69, 9.17) is 19.4 Å². The van der Waals surface area contributed by atoms with Crippen molar-refractivity contribution in [3.63, 3.8) is 0 Å². The van der Waals surface area contributed by atoms with Gasteiger partial charge in [-0.2, -0.15) is 0 Å². The molecule has 2 heterocycles. The zero-order chi connectivity index (χ0) is 36.6. The number of fused-ring (bicyclic) bond motifs is 3. The van der Waals surface area contributed by atoms with Crippen molar-refractivity contribution >= 4 is 21.9 Å². The van der Waals surface area contributed by atoms with Gasteiger partial charge in [0.05, 0.1) is 0 Å². The average molecular weight is 704 g/mol. The van der Waals surface area contributed by atoms with E-state index in [1.54, 1.807) is 0 Å². The van der Waals surface area contributed by atoms with E-state index in [1.165, 1.54) is 22.3 Å². The van der Waals surface area contributed by atoms with E-state index < -0.39 is 0 Å². The molecule has 0 fully saturated rings. The highest BCUT2D eigenvalue weighted by molar-refractivity contribution is 6.15. The van der Waals surface area contributed by atoms with Crippen LogP contribution in [0.2, 0.25) is 0 Å². The Bertz CT molecular complexity index is 2920. The van der Waals surface area contributed by atoms with E-state index in [2.05, 4.69) is 140 Å². The Morgan fingerprint density at radius 2 is 0.636 bits per heavy atom. The van der Waals surface area contributed by atoms with Gasteiger partial charge in [0, 0.05) is 33.0 Å². The lowest BCUT2D eigenvalue weighted by Gasteiger charge is -2.11. The summed E-state index contributed by atoms with van der Waals surface area (Å²) in [7, 11) is 0. The molecule has 8 aromatic carbocycles. The molecule has 0 atom stereocenters. The topological polar surface area (TPSA) is 51.8 Å². The smallest absolute Gasteiger partial charge is 0.164 e. The number of para-hydroxylation sites is 1. The Morgan fingerprint density at radius 3 is 1.16 bits per heavy atom. The molecular weight excluding hydrogens is 671 g/mol. The quantitative estimate of drug-likeness (QED) is 0.166. The minimum Gasteiger partial charge on any atom is -0.455 e. The largest absolute Gasteiger partial charge is 0.455 e. The molecule has 0 saturated heterocycles. The van der Waals surface area contributed by atoms with Crippen LogP contribution in [0.25, 0.3) is 101 Å². The van der Waals surface area contributed by atoms with Crippen molar-refractivity contribution in [3.8, 4) is 78.7 Å². The molecular formula is C51H33N3O. The van der Waals surface area contributed by atoms with Gasteiger partial charge in [0.15, 0.2) is 17.5 Å². The van der Waals surface area contributed by atoms with E-state index in [0.29, 0.717) is 17.5 Å². The highest BCUT2D eigenvalue weighted by Gasteiger charge is 2.21. The van der Waals surface area contributed by atoms with Gasteiger partial charge in [-0.25, -0.2) is 15.0 Å². The molecule has 0 aliphatic carbocycles. The van der Waals surface area contributed by atoms with Crippen molar-refractivity contribution in [1.82, 2.24) is 15.0 Å². The third-order valence-electron chi connectivity index (χ3n) is 10.2. The molecule has 2 aromatic heterocycles. The van der Waals surface area contributed by atoms with Crippen molar-refractivity contribution in [2.45, 2.75) is 0 Å². The molecule has 258 valence electrons. The molecule has 4 nitrogen and oxygen atoms in total. The van der Waals surface area contributed by atoms with E-state index in [0.717, 1.165) is 60.9 Å². The summed E-state index contributed by atoms with van der Waals surface area (Å²) in [6.45, 7) is 0. The number of aromatic nitrogens is 3. The maximum absolute atomic E-state index is 6.66. The number of nitrogens with zero attached hydrogens (tertiary/aromatic N) is 3. The molecule has 10 aromatic rings. The summed E-state index contributed by atoms with van der Waals surface area (Å²) in [6.07, 6.45) is 0. The van der Waals surface area contributed by atoms with Crippen LogP contribution in [0.15, 0.2) is 205 Å². The first-order valence-electron chi connectivity index (χ1n) is 18.4. The van der Waals surface area contributed by atoms with Gasteiger partial charge in [-0.05, 0) is 57.1 Å². The van der Waals surface area contributed by atoms with Crippen molar-refractivity contribution in [2.24, 2.45) is 0 Å². The molecule has 0 aliphatic heterocycles. The molecule has 4 heteroatoms. The number of benzene rings is 8. The lowest BCUT2D eigenvalue weighted by Crippen LogP contribution is -2.00. The summed E-state index contributed by atoms with van der Waals surface area (Å²) in [6, 6.07) is 69.3. The fraction of sp³-hybridized carbons (Fsp3) is 0. The van der Waals surface area contributed by atoms with Crippen molar-refractivity contribution in [1.29, 1.82) is 0 Å². The van der Waals surface area contributed by atoms with Crippen molar-refractivity contribution in [2.75, 3.05) is 0 Å². The van der Waals surface area contributed by atoms with Gasteiger partial charge in [0.25, 0.3) is 0 Å². The fourth-order valence-electron chi connectivity index (χ4n) is 7.35. The van der Waals surface area contributed by atoms with Gasteiger partial charge >= 0.3 is 0 Å². The fourth-order valence-corrected chi connectivity index (χ4v) is 7.35. The van der Waals surface area contributed by atoms with Crippen LogP contribution in [0.3, 0.4) is 0 Å². The van der Waals surface area contributed by atoms with Crippen LogP contribution < -0.4 is 0 Å². The van der Waals surface area contributed by atoms with Gasteiger partial charge in [-0.1, -0.05) is 182 Å². The minimum atomic E-state index is 0.590. The van der Waals surface area contributed by atoms with Crippen LogP contribution in [-0.4, -0.2) is 15.0 Å². The molecule has 0 radical (unpaired) electrons. The summed E-state index contributed by atoms with van der Waals surface area (Å²) >= 11 is 0. The number of hydrogen-bond donors (Lipinski definition) is 0. The summed E-state index contributed by atoms with van der Waals surface area (Å²) in [5.41, 5.74) is 13.5. The monoisotopic (exact) mass is 703 g/mol. The van der Waals surface area contributed by atoms with Crippen LogP contribution in [0, 0.1) is 0 Å². The third kappa shape index (κ3) is 6.16. The summed E-state index contributed by atoms with van der Waals surface area (Å²) < 4.78 is 6.66. The Hall–Kier alpha value is -7.43. The maximum Gasteiger partial charge on any atom is 0.164 e. The summed E-state index contributed by atoms with van der Waals surface area (Å²) in [5, 5.41) is 1.99. The minimum absolute atomic E-state index is 0.590. The molecule has 0 amide bonds. The Morgan fingerprint density at radius 1 is 0.273 bits per heavy atom. The molecule has 0 saturated carbocycles. The maximum atomic E-state index is 6.66. The standard InChI is InChI=1S/C51H33N3O/c1-4-12-34(13-5-1)36-20-22-38(23-21-36)39-26-30-42(31-27-39)50-52-49(41-16-8-3-9-17-41)53-51(54-50)45-33-32-43(48-47(45)44-18-10-11-19-46(44)55-48)40-28-24-37(25-29-40)35-14-6-2-7-15-35/h1-33H. The zero-order valence-corrected chi connectivity index (χ0v) is 29.8. The molecule has 0 N–H and O–H groups in total. The summed E-state index contributed by atoms with van der Waals surface area (Å²) in [5.74, 6) is 1.81. The first-order valence-corrected chi connectivity index (χ1v) is 18.4. The van der Waals surface area contributed by atoms with Crippen molar-refractivity contribution < 1.29 is 4.42 Å². The Labute approximate surface area is 319 Å². The number of furan rings is 1. The lowest BCUT2D eigenvalue weighted by molar-refractivity contribution is 0.670. The normalized spacial score (nSPS) is 11.3. The van der Waals surface area contributed by atoms with Crippen LogP contribution in [0.5, 0.6) is 0 Å². The van der Waals surface area contributed by atoms with Crippen LogP contribution in [0.4, 0.5) is 0 Å². The van der Waals surface area contributed by atoms with Crippen LogP contribution in [0.1, 0.15) is 0 Å². The third-order valence-corrected chi connectivity index (χ3v) is 10.2. The predicted octanol–water partition coefficient (Wildman–Crippen LogP) is 13.4. The first kappa shape index (κ1) is 32.2. The second kappa shape index (κ2) is 13.8. The second-order valence-corrected chi connectivity index (χ2v) is 13.6. The Kier molecular flexibility index (Phi) is 8.12. The van der Waals surface area contributed by atoms with Crippen LogP contribution >= 0.6 is 0 Å². The van der Waals surface area contributed by atoms with Crippen LogP contribution in [-0.2, 0) is 0 Å². The lowest BCUT2D eigenvalue weighted by atomic mass is 9.96. The number of hydrogen-bond acceptors (Lipinski definition) is 4. The van der Waals surface area contributed by atoms with E-state index in [1.807, 2.05) is 60.7 Å². The average Bonchev–Trinajstić information content (AvgIpc) is 3.67. The molecule has 0 aliphatic rings. The van der Waals surface area contributed by atoms with Gasteiger partial charge in [0.1, 0.15) is 11.2 Å². The molecule has 55 heavy (non-hydrogen) atoms. The molecule has 0 bridgehead atoms. The summed E-state index contributed by atoms with van der Waals surface area (Å²) in [4.78, 5) is 15.3. The van der Waals surface area contributed by atoms with E-state index in [-0.39, 0.29) is 0 Å². The molecule has 0 unspecified atom stereocenters. The highest BCUT2D eigenvalue weighted by Crippen LogP contribution is 2.42. The van der Waals surface area contributed by atoms with Gasteiger partial charge < -0.3 is 4.42 Å². The molecule has 10 rings (SSSR count). The van der Waals surface area contributed by atoms with Gasteiger partial charge in [0.2, 0.25) is 0 Å². The SMILES string of the molecule is c1ccc(-c2ccc(-c3ccc(-c4nc(-c5ccccc5)nc(-c5ccc(-c6ccc(-c7ccccc7)cc6)c6oc7ccccc7c56)n4)cc3)cc2)cc1. The van der Waals surface area contributed by atoms with Gasteiger partial charge in [-0.3, -0.25) is 0 Å². The predicted molar refractivity (Wildman–Crippen MR) is 225 cm³/mol. The van der Waals surface area contributed by atoms with E-state index in [9.17, 15) is 0 Å². The Balaban J connectivity index is 1.08. The first-order chi connectivity index (χ1) is 27.2. The zero-order valence-electron chi connectivity index (χ0n) is 29.8. The van der Waals surface area contributed by atoms with Crippen molar-refractivity contribution in [3.05, 3.63) is 200 Å². The van der Waals surface area contributed by atoms with Gasteiger partial charge in [-0.15, -0.1) is 0 Å². The number of rotatable bonds is 7. The second-order valence-electron chi connectivity index (χ2n) is 13.6.